The first-order valence-electron chi connectivity index (χ1n) is 6.15. The van der Waals surface area contributed by atoms with Gasteiger partial charge in [0, 0.05) is 13.1 Å². The van der Waals surface area contributed by atoms with Crippen molar-refractivity contribution in [3.63, 3.8) is 0 Å². The molecule has 4 heteroatoms. The van der Waals surface area contributed by atoms with Crippen LogP contribution in [-0.4, -0.2) is 30.4 Å². The van der Waals surface area contributed by atoms with Crippen LogP contribution in [0.5, 0.6) is 0 Å². The van der Waals surface area contributed by atoms with Gasteiger partial charge in [0.25, 0.3) is 5.91 Å². The van der Waals surface area contributed by atoms with Crippen molar-refractivity contribution in [2.24, 2.45) is 11.1 Å². The summed E-state index contributed by atoms with van der Waals surface area (Å²) >= 11 is 0. The lowest BCUT2D eigenvalue weighted by Gasteiger charge is -2.31. The molecule has 0 unspecified atom stereocenters. The van der Waals surface area contributed by atoms with Crippen LogP contribution in [0.1, 0.15) is 31.1 Å². The molecule has 1 aromatic carbocycles. The molecule has 0 aliphatic rings. The molecule has 0 saturated heterocycles. The highest BCUT2D eigenvalue weighted by molar-refractivity contribution is 5.94. The SMILES string of the molecule is CCN(CC(C)(C)CN)C(=O)c1ccccc1F. The van der Waals surface area contributed by atoms with Crippen molar-refractivity contribution in [3.05, 3.63) is 35.6 Å². The third-order valence-electron chi connectivity index (χ3n) is 2.94. The Hall–Kier alpha value is -1.42. The van der Waals surface area contributed by atoms with Gasteiger partial charge in [-0.15, -0.1) is 0 Å². The second kappa shape index (κ2) is 5.96. The van der Waals surface area contributed by atoms with Gasteiger partial charge in [-0.2, -0.15) is 0 Å². The average molecular weight is 252 g/mol. The molecule has 2 N–H and O–H groups in total. The summed E-state index contributed by atoms with van der Waals surface area (Å²) in [6.45, 7) is 7.40. The second-order valence-electron chi connectivity index (χ2n) is 5.17. The lowest BCUT2D eigenvalue weighted by atomic mass is 9.93. The van der Waals surface area contributed by atoms with E-state index in [9.17, 15) is 9.18 Å². The van der Waals surface area contributed by atoms with Crippen LogP contribution in [0.2, 0.25) is 0 Å². The lowest BCUT2D eigenvalue weighted by molar-refractivity contribution is 0.0696. The Bertz CT molecular complexity index is 418. The van der Waals surface area contributed by atoms with Gasteiger partial charge >= 0.3 is 0 Å². The summed E-state index contributed by atoms with van der Waals surface area (Å²) in [6, 6.07) is 6.05. The van der Waals surface area contributed by atoms with E-state index in [4.69, 9.17) is 5.73 Å². The third kappa shape index (κ3) is 3.53. The number of carbonyl (C=O) groups is 1. The van der Waals surface area contributed by atoms with Crippen LogP contribution in [0.3, 0.4) is 0 Å². The van der Waals surface area contributed by atoms with Gasteiger partial charge < -0.3 is 10.6 Å². The summed E-state index contributed by atoms with van der Waals surface area (Å²) in [4.78, 5) is 13.9. The van der Waals surface area contributed by atoms with E-state index in [1.54, 1.807) is 17.0 Å². The van der Waals surface area contributed by atoms with Gasteiger partial charge in [0.15, 0.2) is 0 Å². The van der Waals surface area contributed by atoms with Gasteiger partial charge in [-0.1, -0.05) is 26.0 Å². The highest BCUT2D eigenvalue weighted by Crippen LogP contribution is 2.17. The number of amides is 1. The molecular formula is C14H21FN2O. The van der Waals surface area contributed by atoms with Gasteiger partial charge in [-0.3, -0.25) is 4.79 Å². The van der Waals surface area contributed by atoms with Crippen LogP contribution in [-0.2, 0) is 0 Å². The molecule has 1 amide bonds. The highest BCUT2D eigenvalue weighted by atomic mass is 19.1. The van der Waals surface area contributed by atoms with E-state index < -0.39 is 5.82 Å². The predicted octanol–water partition coefficient (Wildman–Crippen LogP) is 2.27. The Labute approximate surface area is 108 Å². The summed E-state index contributed by atoms with van der Waals surface area (Å²) in [5, 5.41) is 0. The number of rotatable bonds is 5. The van der Waals surface area contributed by atoms with E-state index in [1.165, 1.54) is 12.1 Å². The maximum absolute atomic E-state index is 13.6. The Kier molecular flexibility index (Phi) is 4.84. The molecule has 0 aliphatic heterocycles. The maximum Gasteiger partial charge on any atom is 0.256 e. The molecule has 0 spiro atoms. The normalized spacial score (nSPS) is 11.4. The van der Waals surface area contributed by atoms with Crippen molar-refractivity contribution in [1.82, 2.24) is 4.90 Å². The molecule has 0 aromatic heterocycles. The monoisotopic (exact) mass is 252 g/mol. The lowest BCUT2D eigenvalue weighted by Crippen LogP contribution is -2.42. The van der Waals surface area contributed by atoms with E-state index in [0.29, 0.717) is 19.6 Å². The quantitative estimate of drug-likeness (QED) is 0.873. The van der Waals surface area contributed by atoms with Gasteiger partial charge in [0.05, 0.1) is 5.56 Å². The van der Waals surface area contributed by atoms with Crippen molar-refractivity contribution in [2.75, 3.05) is 19.6 Å². The average Bonchev–Trinajstić information content (AvgIpc) is 2.36. The Morgan fingerprint density at radius 1 is 1.39 bits per heavy atom. The Morgan fingerprint density at radius 2 is 2.00 bits per heavy atom. The molecule has 0 heterocycles. The Morgan fingerprint density at radius 3 is 2.50 bits per heavy atom. The molecule has 0 bridgehead atoms. The number of benzene rings is 1. The molecular weight excluding hydrogens is 231 g/mol. The minimum absolute atomic E-state index is 0.118. The Balaban J connectivity index is 2.90. The van der Waals surface area contributed by atoms with Crippen molar-refractivity contribution in [1.29, 1.82) is 0 Å². The topological polar surface area (TPSA) is 46.3 Å². The molecule has 1 rings (SSSR count). The fraction of sp³-hybridized carbons (Fsp3) is 0.500. The van der Waals surface area contributed by atoms with Crippen molar-refractivity contribution >= 4 is 5.91 Å². The number of nitrogens with two attached hydrogens (primary N) is 1. The molecule has 1 aromatic rings. The van der Waals surface area contributed by atoms with E-state index in [2.05, 4.69) is 0 Å². The molecule has 3 nitrogen and oxygen atoms in total. The van der Waals surface area contributed by atoms with Crippen LogP contribution >= 0.6 is 0 Å². The molecule has 0 radical (unpaired) electrons. The van der Waals surface area contributed by atoms with Crippen molar-refractivity contribution in [3.8, 4) is 0 Å². The smallest absolute Gasteiger partial charge is 0.256 e. The van der Waals surface area contributed by atoms with Gasteiger partial charge in [0.1, 0.15) is 5.82 Å². The van der Waals surface area contributed by atoms with E-state index >= 15 is 0 Å². The largest absolute Gasteiger partial charge is 0.338 e. The summed E-state index contributed by atoms with van der Waals surface area (Å²) in [5.74, 6) is -0.761. The molecule has 100 valence electrons. The summed E-state index contributed by atoms with van der Waals surface area (Å²) in [6.07, 6.45) is 0. The van der Waals surface area contributed by atoms with E-state index in [-0.39, 0.29) is 16.9 Å². The second-order valence-corrected chi connectivity index (χ2v) is 5.17. The van der Waals surface area contributed by atoms with Crippen LogP contribution in [0, 0.1) is 11.2 Å². The molecule has 0 aliphatic carbocycles. The molecule has 0 fully saturated rings. The number of halogens is 1. The fourth-order valence-electron chi connectivity index (χ4n) is 1.71. The first-order valence-corrected chi connectivity index (χ1v) is 6.15. The molecule has 0 atom stereocenters. The van der Waals surface area contributed by atoms with Crippen LogP contribution < -0.4 is 5.73 Å². The standard InChI is InChI=1S/C14H21FN2O/c1-4-17(10-14(2,3)9-16)13(18)11-7-5-6-8-12(11)15/h5-8H,4,9-10,16H2,1-3H3. The van der Waals surface area contributed by atoms with Gasteiger partial charge in [-0.25, -0.2) is 4.39 Å². The minimum Gasteiger partial charge on any atom is -0.338 e. The van der Waals surface area contributed by atoms with Gasteiger partial charge in [-0.05, 0) is 31.0 Å². The third-order valence-corrected chi connectivity index (χ3v) is 2.94. The summed E-state index contributed by atoms with van der Waals surface area (Å²) in [7, 11) is 0. The van der Waals surface area contributed by atoms with Gasteiger partial charge in [0.2, 0.25) is 0 Å². The molecule has 0 saturated carbocycles. The van der Waals surface area contributed by atoms with Crippen LogP contribution in [0.4, 0.5) is 4.39 Å². The number of carbonyl (C=O) groups excluding carboxylic acids is 1. The number of hydrogen-bond acceptors (Lipinski definition) is 2. The van der Waals surface area contributed by atoms with Crippen molar-refractivity contribution < 1.29 is 9.18 Å². The maximum atomic E-state index is 13.6. The van der Waals surface area contributed by atoms with E-state index in [1.807, 2.05) is 20.8 Å². The predicted molar refractivity (Wildman–Crippen MR) is 70.8 cm³/mol. The van der Waals surface area contributed by atoms with Crippen LogP contribution in [0.25, 0.3) is 0 Å². The van der Waals surface area contributed by atoms with Crippen molar-refractivity contribution in [2.45, 2.75) is 20.8 Å². The summed E-state index contributed by atoms with van der Waals surface area (Å²) in [5.41, 5.74) is 5.61. The molecule has 18 heavy (non-hydrogen) atoms. The first kappa shape index (κ1) is 14.6. The van der Waals surface area contributed by atoms with Crippen LogP contribution in [0.15, 0.2) is 24.3 Å². The summed E-state index contributed by atoms with van der Waals surface area (Å²) < 4.78 is 13.6. The zero-order valence-electron chi connectivity index (χ0n) is 11.2. The fourth-order valence-corrected chi connectivity index (χ4v) is 1.71. The number of nitrogens with zero attached hydrogens (tertiary/aromatic N) is 1. The zero-order chi connectivity index (χ0) is 13.8. The minimum atomic E-state index is -0.480. The zero-order valence-corrected chi connectivity index (χ0v) is 11.2. The highest BCUT2D eigenvalue weighted by Gasteiger charge is 2.24. The number of hydrogen-bond donors (Lipinski definition) is 1. The first-order chi connectivity index (χ1) is 8.41. The van der Waals surface area contributed by atoms with E-state index in [0.717, 1.165) is 0 Å².